The predicted molar refractivity (Wildman–Crippen MR) is 90.9 cm³/mol. The number of aromatic nitrogens is 2. The van der Waals surface area contributed by atoms with Crippen LogP contribution in [0.2, 0.25) is 18.1 Å². The quantitative estimate of drug-likeness (QED) is 0.789. The van der Waals surface area contributed by atoms with Crippen molar-refractivity contribution in [1.82, 2.24) is 9.55 Å². The van der Waals surface area contributed by atoms with Crippen LogP contribution in [0.3, 0.4) is 0 Å². The van der Waals surface area contributed by atoms with Gasteiger partial charge in [-0.1, -0.05) is 20.8 Å². The third-order valence-electron chi connectivity index (χ3n) is 4.83. The van der Waals surface area contributed by atoms with Gasteiger partial charge < -0.3 is 20.0 Å². The summed E-state index contributed by atoms with van der Waals surface area (Å²) in [6.07, 6.45) is -3.89. The van der Waals surface area contributed by atoms with Crippen LogP contribution >= 0.6 is 0 Å². The SMILES string of the molecule is CC(C)(C)[Si](C)(C)OC[C@H]1O[C@@H](n2ccc(N)nc2=O)[C@H](F)[C@@H]1O. The van der Waals surface area contributed by atoms with Gasteiger partial charge in [-0.2, -0.15) is 4.98 Å². The molecule has 1 aromatic heterocycles. The maximum absolute atomic E-state index is 14.4. The van der Waals surface area contributed by atoms with Crippen molar-refractivity contribution in [2.24, 2.45) is 0 Å². The van der Waals surface area contributed by atoms with Gasteiger partial charge in [-0.25, -0.2) is 9.18 Å². The highest BCUT2D eigenvalue weighted by Crippen LogP contribution is 2.38. The van der Waals surface area contributed by atoms with E-state index in [1.54, 1.807) is 0 Å². The second-order valence-electron chi connectivity index (χ2n) is 7.61. The molecule has 24 heavy (non-hydrogen) atoms. The lowest BCUT2D eigenvalue weighted by atomic mass is 10.1. The van der Waals surface area contributed by atoms with E-state index in [0.29, 0.717) is 0 Å². The number of rotatable bonds is 4. The van der Waals surface area contributed by atoms with E-state index in [4.69, 9.17) is 14.9 Å². The van der Waals surface area contributed by atoms with Gasteiger partial charge in [0.05, 0.1) is 6.61 Å². The van der Waals surface area contributed by atoms with Crippen molar-refractivity contribution in [3.8, 4) is 0 Å². The van der Waals surface area contributed by atoms with Gasteiger partial charge in [0.15, 0.2) is 20.7 Å². The number of anilines is 1. The lowest BCUT2D eigenvalue weighted by Crippen LogP contribution is -2.44. The van der Waals surface area contributed by atoms with Crippen molar-refractivity contribution >= 4 is 14.1 Å². The first-order chi connectivity index (χ1) is 10.9. The fourth-order valence-corrected chi connectivity index (χ4v) is 3.21. The minimum atomic E-state index is -2.05. The number of alkyl halides is 1. The number of aliphatic hydroxyl groups excluding tert-OH is 1. The molecule has 0 aromatic carbocycles. The van der Waals surface area contributed by atoms with Crippen LogP contribution in [0.15, 0.2) is 17.1 Å². The zero-order valence-electron chi connectivity index (χ0n) is 14.7. The Morgan fingerprint density at radius 2 is 2.12 bits per heavy atom. The molecule has 4 atom stereocenters. The van der Waals surface area contributed by atoms with E-state index in [-0.39, 0.29) is 17.5 Å². The van der Waals surface area contributed by atoms with Gasteiger partial charge in [0, 0.05) is 6.20 Å². The molecule has 1 aliphatic rings. The molecule has 0 amide bonds. The Hall–Kier alpha value is -1.29. The van der Waals surface area contributed by atoms with Crippen molar-refractivity contribution in [2.75, 3.05) is 12.3 Å². The molecule has 1 aromatic rings. The summed E-state index contributed by atoms with van der Waals surface area (Å²) in [7, 11) is -2.05. The molecule has 0 aliphatic carbocycles. The molecule has 1 fully saturated rings. The van der Waals surface area contributed by atoms with E-state index in [1.165, 1.54) is 12.3 Å². The van der Waals surface area contributed by atoms with Crippen molar-refractivity contribution in [1.29, 1.82) is 0 Å². The first-order valence-electron chi connectivity index (χ1n) is 7.90. The standard InChI is InChI=1S/C15H26FN3O4Si/c1-15(2,3)24(4,5)22-8-9-12(20)11(16)13(23-9)19-7-6-10(17)18-14(19)21/h6-7,9,11-13,20H,8H2,1-5H3,(H2,17,18,21)/t9-,11-,12-,13-/m1/s1. The number of nitrogens with two attached hydrogens (primary N) is 1. The Morgan fingerprint density at radius 3 is 2.67 bits per heavy atom. The van der Waals surface area contributed by atoms with Crippen LogP contribution in [0.25, 0.3) is 0 Å². The minimum absolute atomic E-state index is 0.0110. The molecule has 0 radical (unpaired) electrons. The van der Waals surface area contributed by atoms with Gasteiger partial charge in [0.2, 0.25) is 0 Å². The topological polar surface area (TPSA) is 99.6 Å². The van der Waals surface area contributed by atoms with Gasteiger partial charge in [0.1, 0.15) is 18.0 Å². The summed E-state index contributed by atoms with van der Waals surface area (Å²) < 4.78 is 27.0. The van der Waals surface area contributed by atoms with E-state index in [2.05, 4.69) is 38.8 Å². The highest BCUT2D eigenvalue weighted by atomic mass is 28.4. The number of nitrogen functional groups attached to an aromatic ring is 1. The number of nitrogens with zero attached hydrogens (tertiary/aromatic N) is 2. The smallest absolute Gasteiger partial charge is 0.351 e. The molecule has 136 valence electrons. The Balaban J connectivity index is 2.12. The molecule has 7 nitrogen and oxygen atoms in total. The van der Waals surface area contributed by atoms with E-state index < -0.39 is 38.6 Å². The third-order valence-corrected chi connectivity index (χ3v) is 9.33. The van der Waals surface area contributed by atoms with E-state index in [0.717, 1.165) is 4.57 Å². The van der Waals surface area contributed by atoms with E-state index in [1.807, 2.05) is 0 Å². The molecule has 0 bridgehead atoms. The molecular formula is C15H26FN3O4Si. The Morgan fingerprint density at radius 1 is 1.50 bits per heavy atom. The predicted octanol–water partition coefficient (Wildman–Crippen LogP) is 1.44. The van der Waals surface area contributed by atoms with Crippen LogP contribution in [0.1, 0.15) is 27.0 Å². The van der Waals surface area contributed by atoms with Crippen LogP contribution in [-0.2, 0) is 9.16 Å². The summed E-state index contributed by atoms with van der Waals surface area (Å²) in [5.41, 5.74) is 4.71. The maximum atomic E-state index is 14.4. The van der Waals surface area contributed by atoms with Crippen molar-refractivity contribution in [3.05, 3.63) is 22.7 Å². The summed E-state index contributed by atoms with van der Waals surface area (Å²) in [6.45, 7) is 10.5. The van der Waals surface area contributed by atoms with E-state index >= 15 is 0 Å². The minimum Gasteiger partial charge on any atom is -0.414 e. The van der Waals surface area contributed by atoms with Gasteiger partial charge >= 0.3 is 5.69 Å². The number of ether oxygens (including phenoxy) is 1. The number of hydrogen-bond acceptors (Lipinski definition) is 6. The summed E-state index contributed by atoms with van der Waals surface area (Å²) in [6, 6.07) is 1.38. The summed E-state index contributed by atoms with van der Waals surface area (Å²) >= 11 is 0. The molecule has 9 heteroatoms. The largest absolute Gasteiger partial charge is 0.414 e. The van der Waals surface area contributed by atoms with Gasteiger partial charge in [0.25, 0.3) is 0 Å². The average Bonchev–Trinajstić information content (AvgIpc) is 2.72. The average molecular weight is 359 g/mol. The second kappa shape index (κ2) is 6.55. The van der Waals surface area contributed by atoms with Gasteiger partial charge in [-0.3, -0.25) is 4.57 Å². The maximum Gasteiger partial charge on any atom is 0.351 e. The Kier molecular flexibility index (Phi) is 5.19. The number of halogens is 1. The number of hydrogen-bond donors (Lipinski definition) is 2. The lowest BCUT2D eigenvalue weighted by Gasteiger charge is -2.37. The van der Waals surface area contributed by atoms with Gasteiger partial charge in [-0.15, -0.1) is 0 Å². The zero-order valence-corrected chi connectivity index (χ0v) is 15.7. The third kappa shape index (κ3) is 3.69. The monoisotopic (exact) mass is 359 g/mol. The molecule has 0 saturated carbocycles. The van der Waals surface area contributed by atoms with Gasteiger partial charge in [-0.05, 0) is 24.2 Å². The fraction of sp³-hybridized carbons (Fsp3) is 0.733. The number of aliphatic hydroxyl groups is 1. The Labute approximate surface area is 141 Å². The van der Waals surface area contributed by atoms with Crippen molar-refractivity contribution < 1.29 is 18.7 Å². The van der Waals surface area contributed by atoms with E-state index in [9.17, 15) is 14.3 Å². The molecule has 0 unspecified atom stereocenters. The normalized spacial score (nSPS) is 28.3. The van der Waals surface area contributed by atoms with Crippen LogP contribution < -0.4 is 11.4 Å². The van der Waals surface area contributed by atoms with Crippen LogP contribution in [-0.4, -0.2) is 48.0 Å². The Bertz CT molecular complexity index is 646. The van der Waals surface area contributed by atoms with Crippen molar-refractivity contribution in [2.45, 2.75) is 63.5 Å². The molecule has 0 spiro atoms. The highest BCUT2D eigenvalue weighted by molar-refractivity contribution is 6.74. The molecule has 2 rings (SSSR count). The van der Waals surface area contributed by atoms with Crippen LogP contribution in [0, 0.1) is 0 Å². The first kappa shape index (κ1) is 19.0. The first-order valence-corrected chi connectivity index (χ1v) is 10.8. The highest BCUT2D eigenvalue weighted by Gasteiger charge is 2.47. The summed E-state index contributed by atoms with van der Waals surface area (Å²) in [5.74, 6) is 0.0445. The molecule has 2 heterocycles. The zero-order chi connectivity index (χ0) is 18.3. The summed E-state index contributed by atoms with van der Waals surface area (Å²) in [4.78, 5) is 15.4. The molecular weight excluding hydrogens is 333 g/mol. The van der Waals surface area contributed by atoms with Crippen LogP contribution in [0.4, 0.5) is 10.2 Å². The molecule has 1 aliphatic heterocycles. The lowest BCUT2D eigenvalue weighted by molar-refractivity contribution is -0.0466. The molecule has 1 saturated heterocycles. The van der Waals surface area contributed by atoms with Crippen molar-refractivity contribution in [3.63, 3.8) is 0 Å². The summed E-state index contributed by atoms with van der Waals surface area (Å²) in [5, 5.41) is 10.1. The fourth-order valence-electron chi connectivity index (χ4n) is 2.19. The second-order valence-corrected chi connectivity index (χ2v) is 12.4. The van der Waals surface area contributed by atoms with Crippen LogP contribution in [0.5, 0.6) is 0 Å². The molecule has 3 N–H and O–H groups in total.